The summed E-state index contributed by atoms with van der Waals surface area (Å²) in [6.45, 7) is 3.32. The van der Waals surface area contributed by atoms with Crippen LogP contribution in [0.3, 0.4) is 0 Å². The molecule has 0 atom stereocenters. The molecule has 3 rings (SSSR count). The maximum Gasteiger partial charge on any atom is 0.406 e. The van der Waals surface area contributed by atoms with E-state index in [0.717, 1.165) is 16.2 Å². The Morgan fingerprint density at radius 3 is 2.47 bits per heavy atom. The zero-order chi connectivity index (χ0) is 25.0. The maximum atomic E-state index is 12.8. The molecule has 2 heterocycles. The highest BCUT2D eigenvalue weighted by atomic mass is 35.5. The lowest BCUT2D eigenvalue weighted by Crippen LogP contribution is -2.20. The lowest BCUT2D eigenvalue weighted by molar-refractivity contribution is -0.141. The first-order valence-corrected chi connectivity index (χ1v) is 10.7. The van der Waals surface area contributed by atoms with Gasteiger partial charge in [-0.25, -0.2) is 9.48 Å². The molecule has 0 radical (unpaired) electrons. The summed E-state index contributed by atoms with van der Waals surface area (Å²) in [5.74, 6) is -1.38. The van der Waals surface area contributed by atoms with Crippen molar-refractivity contribution in [3.63, 3.8) is 0 Å². The maximum absolute atomic E-state index is 12.8. The normalized spacial score (nSPS) is 11.9. The molecule has 0 aliphatic heterocycles. The van der Waals surface area contributed by atoms with Gasteiger partial charge in [0.2, 0.25) is 5.78 Å². The number of carbonyl (C=O) groups excluding carboxylic acids is 2. The average Bonchev–Trinajstić information content (AvgIpc) is 3.19. The number of aryl methyl sites for hydroxylation is 2. The zero-order valence-electron chi connectivity index (χ0n) is 18.8. The van der Waals surface area contributed by atoms with E-state index in [2.05, 4.69) is 5.10 Å². The second-order valence-corrected chi connectivity index (χ2v) is 8.14. The van der Waals surface area contributed by atoms with Gasteiger partial charge in [-0.05, 0) is 38.5 Å². The van der Waals surface area contributed by atoms with Gasteiger partial charge in [-0.3, -0.25) is 4.79 Å². The molecule has 0 spiro atoms. The molecule has 0 saturated carbocycles. The van der Waals surface area contributed by atoms with E-state index in [-0.39, 0.29) is 11.3 Å². The van der Waals surface area contributed by atoms with E-state index in [1.165, 1.54) is 26.0 Å². The highest BCUT2D eigenvalue weighted by Gasteiger charge is 2.30. The van der Waals surface area contributed by atoms with Crippen LogP contribution in [0.5, 0.6) is 0 Å². The Kier molecular flexibility index (Phi) is 7.66. The Labute approximate surface area is 199 Å². The van der Waals surface area contributed by atoms with Gasteiger partial charge in [-0.1, -0.05) is 41.9 Å². The van der Waals surface area contributed by atoms with Crippen LogP contribution in [0, 0.1) is 20.8 Å². The fourth-order valence-corrected chi connectivity index (χ4v) is 3.83. The predicted molar refractivity (Wildman–Crippen MR) is 122 cm³/mol. The van der Waals surface area contributed by atoms with Crippen molar-refractivity contribution in [2.24, 2.45) is 0 Å². The fraction of sp³-hybridized carbons (Fsp3) is 0.292. The first-order chi connectivity index (χ1) is 16.0. The number of rotatable bonds is 8. The number of Topliss-reactive ketones (excluding diaryl/α,β-unsaturated/α-hetero) is 1. The summed E-state index contributed by atoms with van der Waals surface area (Å²) in [5, 5.41) is 4.73. The van der Waals surface area contributed by atoms with Gasteiger partial charge < -0.3 is 9.30 Å². The van der Waals surface area contributed by atoms with Gasteiger partial charge >= 0.3 is 12.1 Å². The van der Waals surface area contributed by atoms with Gasteiger partial charge in [-0.2, -0.15) is 18.3 Å². The van der Waals surface area contributed by atoms with Crippen molar-refractivity contribution < 1.29 is 27.5 Å². The van der Waals surface area contributed by atoms with Gasteiger partial charge in [0.1, 0.15) is 11.7 Å². The molecule has 0 N–H and O–H groups in total. The minimum atomic E-state index is -4.42. The SMILES string of the molecule is Cc1nn(Cc2ccccc2)c(Cl)c1C=CC(=O)OCC(=O)c1cc(C)n(CC(F)(F)F)c1C. The van der Waals surface area contributed by atoms with Crippen LogP contribution >= 0.6 is 11.6 Å². The van der Waals surface area contributed by atoms with Gasteiger partial charge in [0.15, 0.2) is 6.61 Å². The van der Waals surface area contributed by atoms with Crippen molar-refractivity contribution in [2.75, 3.05) is 6.61 Å². The Morgan fingerprint density at radius 2 is 1.82 bits per heavy atom. The number of alkyl halides is 3. The summed E-state index contributed by atoms with van der Waals surface area (Å²) in [4.78, 5) is 24.6. The number of carbonyl (C=O) groups is 2. The zero-order valence-corrected chi connectivity index (χ0v) is 19.6. The molecular weight excluding hydrogens is 471 g/mol. The van der Waals surface area contributed by atoms with Crippen molar-refractivity contribution in [3.05, 3.63) is 81.4 Å². The standard InChI is InChI=1S/C24H23ClF3N3O3/c1-15-11-20(17(3)30(15)14-24(26,27)28)21(32)13-34-22(33)10-9-19-16(2)29-31(23(19)25)12-18-7-5-4-6-8-18/h4-11H,12-14H2,1-3H3. The molecule has 0 aliphatic carbocycles. The van der Waals surface area contributed by atoms with Crippen molar-refractivity contribution in [2.45, 2.75) is 40.0 Å². The molecule has 10 heteroatoms. The van der Waals surface area contributed by atoms with Gasteiger partial charge in [0.05, 0.1) is 12.2 Å². The predicted octanol–water partition coefficient (Wildman–Crippen LogP) is 5.31. The molecule has 0 fully saturated rings. The molecular formula is C24H23ClF3N3O3. The molecule has 0 saturated heterocycles. The van der Waals surface area contributed by atoms with Gasteiger partial charge in [0.25, 0.3) is 0 Å². The van der Waals surface area contributed by atoms with Crippen LogP contribution in [0.4, 0.5) is 13.2 Å². The Morgan fingerprint density at radius 1 is 1.15 bits per heavy atom. The molecule has 0 amide bonds. The van der Waals surface area contributed by atoms with Crippen molar-refractivity contribution in [3.8, 4) is 0 Å². The lowest BCUT2D eigenvalue weighted by Gasteiger charge is -2.12. The molecule has 0 bridgehead atoms. The van der Waals surface area contributed by atoms with Crippen molar-refractivity contribution in [1.29, 1.82) is 0 Å². The first-order valence-electron chi connectivity index (χ1n) is 10.3. The summed E-state index contributed by atoms with van der Waals surface area (Å²) < 4.78 is 45.9. The number of halogens is 4. The molecule has 6 nitrogen and oxygen atoms in total. The van der Waals surface area contributed by atoms with Gasteiger partial charge in [-0.15, -0.1) is 0 Å². The number of ketones is 1. The minimum Gasteiger partial charge on any atom is -0.454 e. The number of esters is 1. The highest BCUT2D eigenvalue weighted by Crippen LogP contribution is 2.24. The second-order valence-electron chi connectivity index (χ2n) is 7.78. The quantitative estimate of drug-likeness (QED) is 0.242. The Balaban J connectivity index is 1.63. The van der Waals surface area contributed by atoms with Crippen molar-refractivity contribution in [1.82, 2.24) is 14.3 Å². The molecule has 0 aliphatic rings. The smallest absolute Gasteiger partial charge is 0.406 e. The third-order valence-corrected chi connectivity index (χ3v) is 5.63. The summed E-state index contributed by atoms with van der Waals surface area (Å²) in [7, 11) is 0. The molecule has 1 aromatic carbocycles. The van der Waals surface area contributed by atoms with Crippen LogP contribution in [0.25, 0.3) is 6.08 Å². The van der Waals surface area contributed by atoms with E-state index in [1.54, 1.807) is 11.6 Å². The largest absolute Gasteiger partial charge is 0.454 e. The monoisotopic (exact) mass is 493 g/mol. The van der Waals surface area contributed by atoms with E-state index >= 15 is 0 Å². The van der Waals surface area contributed by atoms with E-state index in [1.807, 2.05) is 30.3 Å². The number of ether oxygens (including phenoxy) is 1. The van der Waals surface area contributed by atoms with Crippen LogP contribution in [-0.4, -0.2) is 38.9 Å². The third kappa shape index (κ3) is 6.17. The van der Waals surface area contributed by atoms with Crippen LogP contribution in [-0.2, 0) is 22.6 Å². The molecule has 0 unspecified atom stereocenters. The van der Waals surface area contributed by atoms with Crippen LogP contribution < -0.4 is 0 Å². The number of aromatic nitrogens is 3. The molecule has 2 aromatic heterocycles. The average molecular weight is 494 g/mol. The Hall–Kier alpha value is -3.33. The second kappa shape index (κ2) is 10.3. The molecule has 34 heavy (non-hydrogen) atoms. The highest BCUT2D eigenvalue weighted by molar-refractivity contribution is 6.31. The third-order valence-electron chi connectivity index (χ3n) is 5.23. The number of hydrogen-bond donors (Lipinski definition) is 0. The minimum absolute atomic E-state index is 0.0830. The number of nitrogens with zero attached hydrogens (tertiary/aromatic N) is 3. The van der Waals surface area contributed by atoms with E-state index < -0.39 is 31.1 Å². The van der Waals surface area contributed by atoms with E-state index in [9.17, 15) is 22.8 Å². The van der Waals surface area contributed by atoms with Crippen LogP contribution in [0.2, 0.25) is 5.15 Å². The number of hydrogen-bond acceptors (Lipinski definition) is 4. The van der Waals surface area contributed by atoms with Gasteiger partial charge in [0, 0.05) is 28.6 Å². The Bertz CT molecular complexity index is 1230. The summed E-state index contributed by atoms with van der Waals surface area (Å²) >= 11 is 6.41. The van der Waals surface area contributed by atoms with Crippen LogP contribution in [0.1, 0.15) is 38.6 Å². The van der Waals surface area contributed by atoms with E-state index in [4.69, 9.17) is 16.3 Å². The van der Waals surface area contributed by atoms with Crippen molar-refractivity contribution >= 4 is 29.4 Å². The molecule has 3 aromatic rings. The van der Waals surface area contributed by atoms with Crippen LogP contribution in [0.15, 0.2) is 42.5 Å². The fourth-order valence-electron chi connectivity index (χ4n) is 3.54. The molecule has 180 valence electrons. The summed E-state index contributed by atoms with van der Waals surface area (Å²) in [5.41, 5.74) is 2.70. The van der Waals surface area contributed by atoms with E-state index in [0.29, 0.717) is 28.6 Å². The topological polar surface area (TPSA) is 66.1 Å². The number of benzene rings is 1. The lowest BCUT2D eigenvalue weighted by atomic mass is 10.1. The summed E-state index contributed by atoms with van der Waals surface area (Å²) in [6, 6.07) is 11.0. The summed E-state index contributed by atoms with van der Waals surface area (Å²) in [6.07, 6.45) is -1.84. The first kappa shape index (κ1) is 25.3.